The first-order valence-electron chi connectivity index (χ1n) is 6.33. The van der Waals surface area contributed by atoms with Crippen LogP contribution in [0.5, 0.6) is 11.5 Å². The van der Waals surface area contributed by atoms with E-state index in [0.717, 1.165) is 23.3 Å². The molecule has 98 valence electrons. The first-order chi connectivity index (χ1) is 9.13. The third-order valence-electron chi connectivity index (χ3n) is 3.07. The van der Waals surface area contributed by atoms with Gasteiger partial charge in [0.15, 0.2) is 0 Å². The molecule has 0 aliphatic heterocycles. The number of hydrogen-bond acceptors (Lipinski definition) is 2. The van der Waals surface area contributed by atoms with E-state index < -0.39 is 0 Å². The number of nitrogens with two attached hydrogens (primary N) is 1. The Morgan fingerprint density at radius 2 is 1.89 bits per heavy atom. The van der Waals surface area contributed by atoms with Crippen molar-refractivity contribution in [3.05, 3.63) is 59.2 Å². The van der Waals surface area contributed by atoms with Crippen LogP contribution in [-0.4, -0.2) is 5.84 Å². The van der Waals surface area contributed by atoms with Crippen molar-refractivity contribution in [2.75, 3.05) is 0 Å². The Bertz CT molecular complexity index is 605. The van der Waals surface area contributed by atoms with Crippen molar-refractivity contribution in [3.8, 4) is 11.5 Å². The number of aryl methyl sites for hydroxylation is 2. The summed E-state index contributed by atoms with van der Waals surface area (Å²) in [5, 5.41) is 7.64. The van der Waals surface area contributed by atoms with Crippen molar-refractivity contribution in [3.63, 3.8) is 0 Å². The summed E-state index contributed by atoms with van der Waals surface area (Å²) < 4.78 is 6.00. The molecule has 2 aromatic rings. The molecule has 2 aromatic carbocycles. The topological polar surface area (TPSA) is 59.1 Å². The van der Waals surface area contributed by atoms with Crippen LogP contribution in [0.1, 0.15) is 23.6 Å². The van der Waals surface area contributed by atoms with E-state index in [0.29, 0.717) is 11.3 Å². The molecule has 3 heteroatoms. The molecular formula is C16H18N2O. The monoisotopic (exact) mass is 254 g/mol. The van der Waals surface area contributed by atoms with Gasteiger partial charge in [-0.3, -0.25) is 5.41 Å². The molecule has 0 spiro atoms. The van der Waals surface area contributed by atoms with Gasteiger partial charge in [0.2, 0.25) is 0 Å². The van der Waals surface area contributed by atoms with Crippen LogP contribution in [0.25, 0.3) is 0 Å². The maximum absolute atomic E-state index is 7.64. The fourth-order valence-corrected chi connectivity index (χ4v) is 2.01. The second kappa shape index (κ2) is 5.57. The van der Waals surface area contributed by atoms with Gasteiger partial charge in [0.1, 0.15) is 17.3 Å². The van der Waals surface area contributed by atoms with Gasteiger partial charge >= 0.3 is 0 Å². The smallest absolute Gasteiger partial charge is 0.141 e. The van der Waals surface area contributed by atoms with Crippen LogP contribution in [0, 0.1) is 12.3 Å². The molecule has 0 radical (unpaired) electrons. The number of ether oxygens (including phenoxy) is 1. The van der Waals surface area contributed by atoms with E-state index in [1.165, 1.54) is 0 Å². The zero-order valence-electron chi connectivity index (χ0n) is 11.2. The fraction of sp³-hybridized carbons (Fsp3) is 0.188. The molecule has 0 heterocycles. The van der Waals surface area contributed by atoms with Crippen molar-refractivity contribution in [1.82, 2.24) is 0 Å². The summed E-state index contributed by atoms with van der Waals surface area (Å²) in [7, 11) is 0. The molecule has 2 rings (SSSR count). The van der Waals surface area contributed by atoms with Crippen molar-refractivity contribution in [2.24, 2.45) is 5.73 Å². The number of benzene rings is 2. The molecule has 0 bridgehead atoms. The molecule has 0 unspecified atom stereocenters. The largest absolute Gasteiger partial charge is 0.456 e. The molecule has 0 atom stereocenters. The molecule has 0 saturated carbocycles. The molecule has 0 fully saturated rings. The first kappa shape index (κ1) is 13.1. The number of nitrogen functional groups attached to an aromatic ring is 1. The molecule has 3 nitrogen and oxygen atoms in total. The second-order valence-corrected chi connectivity index (χ2v) is 4.43. The van der Waals surface area contributed by atoms with Crippen molar-refractivity contribution in [1.29, 1.82) is 5.41 Å². The van der Waals surface area contributed by atoms with Gasteiger partial charge in [0.05, 0.1) is 5.56 Å². The SMILES string of the molecule is CCc1ccccc1Oc1c(C)cccc1C(=N)N. The van der Waals surface area contributed by atoms with E-state index in [9.17, 15) is 0 Å². The number of amidine groups is 1. The lowest BCUT2D eigenvalue weighted by Crippen LogP contribution is -2.13. The molecule has 0 aliphatic rings. The Kier molecular flexibility index (Phi) is 3.85. The maximum atomic E-state index is 7.64. The van der Waals surface area contributed by atoms with Crippen molar-refractivity contribution >= 4 is 5.84 Å². The minimum atomic E-state index is 0.0210. The van der Waals surface area contributed by atoms with Gasteiger partial charge in [0, 0.05) is 0 Å². The zero-order valence-corrected chi connectivity index (χ0v) is 11.2. The summed E-state index contributed by atoms with van der Waals surface area (Å²) in [6.07, 6.45) is 0.900. The summed E-state index contributed by atoms with van der Waals surface area (Å²) in [4.78, 5) is 0. The van der Waals surface area contributed by atoms with Gasteiger partial charge in [-0.25, -0.2) is 0 Å². The Hall–Kier alpha value is -2.29. The van der Waals surface area contributed by atoms with E-state index in [-0.39, 0.29) is 5.84 Å². The fourth-order valence-electron chi connectivity index (χ4n) is 2.01. The molecular weight excluding hydrogens is 236 g/mol. The van der Waals surface area contributed by atoms with Crippen molar-refractivity contribution < 1.29 is 4.74 Å². The maximum Gasteiger partial charge on any atom is 0.141 e. The third kappa shape index (κ3) is 2.76. The van der Waals surface area contributed by atoms with E-state index in [1.54, 1.807) is 6.07 Å². The lowest BCUT2D eigenvalue weighted by Gasteiger charge is -2.15. The summed E-state index contributed by atoms with van der Waals surface area (Å²) in [5.74, 6) is 1.50. The number of nitrogens with one attached hydrogen (secondary N) is 1. The normalized spacial score (nSPS) is 10.2. The lowest BCUT2D eigenvalue weighted by atomic mass is 10.1. The second-order valence-electron chi connectivity index (χ2n) is 4.43. The Morgan fingerprint density at radius 1 is 1.16 bits per heavy atom. The molecule has 0 saturated heterocycles. The summed E-state index contributed by atoms with van der Waals surface area (Å²) in [5.41, 5.74) is 8.35. The quantitative estimate of drug-likeness (QED) is 0.646. The zero-order chi connectivity index (χ0) is 13.8. The predicted octanol–water partition coefficient (Wildman–Crippen LogP) is 3.63. The van der Waals surface area contributed by atoms with Crippen LogP contribution in [-0.2, 0) is 6.42 Å². The van der Waals surface area contributed by atoms with Crippen LogP contribution < -0.4 is 10.5 Å². The average molecular weight is 254 g/mol. The highest BCUT2D eigenvalue weighted by Crippen LogP contribution is 2.31. The average Bonchev–Trinajstić information content (AvgIpc) is 2.41. The van der Waals surface area contributed by atoms with Gasteiger partial charge in [-0.1, -0.05) is 37.3 Å². The van der Waals surface area contributed by atoms with Gasteiger partial charge in [-0.05, 0) is 36.6 Å². The number of hydrogen-bond donors (Lipinski definition) is 2. The van der Waals surface area contributed by atoms with Crippen molar-refractivity contribution in [2.45, 2.75) is 20.3 Å². The highest BCUT2D eigenvalue weighted by Gasteiger charge is 2.11. The van der Waals surface area contributed by atoms with Crippen LogP contribution in [0.15, 0.2) is 42.5 Å². The standard InChI is InChI=1S/C16H18N2O/c1-3-12-8-4-5-10-14(12)19-15-11(2)7-6-9-13(15)16(17)18/h4-10H,3H2,1-2H3,(H3,17,18). The minimum absolute atomic E-state index is 0.0210. The van der Waals surface area contributed by atoms with Gasteiger partial charge < -0.3 is 10.5 Å². The Labute approximate surface area is 113 Å². The molecule has 3 N–H and O–H groups in total. The van der Waals surface area contributed by atoms with Crippen LogP contribution in [0.3, 0.4) is 0 Å². The van der Waals surface area contributed by atoms with E-state index in [2.05, 4.69) is 6.92 Å². The molecule has 0 aromatic heterocycles. The van der Waals surface area contributed by atoms with Gasteiger partial charge in [-0.2, -0.15) is 0 Å². The number of rotatable bonds is 4. The minimum Gasteiger partial charge on any atom is -0.456 e. The Morgan fingerprint density at radius 3 is 2.58 bits per heavy atom. The summed E-state index contributed by atoms with van der Waals surface area (Å²) in [6, 6.07) is 13.6. The van der Waals surface area contributed by atoms with E-state index in [4.69, 9.17) is 15.9 Å². The molecule has 0 amide bonds. The highest BCUT2D eigenvalue weighted by atomic mass is 16.5. The van der Waals surface area contributed by atoms with Crippen LogP contribution >= 0.6 is 0 Å². The first-order valence-corrected chi connectivity index (χ1v) is 6.33. The summed E-state index contributed by atoms with van der Waals surface area (Å²) >= 11 is 0. The molecule has 0 aliphatic carbocycles. The lowest BCUT2D eigenvalue weighted by molar-refractivity contribution is 0.472. The van der Waals surface area contributed by atoms with Crippen LogP contribution in [0.4, 0.5) is 0 Å². The van der Waals surface area contributed by atoms with E-state index >= 15 is 0 Å². The Balaban J connectivity index is 2.46. The van der Waals surface area contributed by atoms with Gasteiger partial charge in [0.25, 0.3) is 0 Å². The van der Waals surface area contributed by atoms with Crippen LogP contribution in [0.2, 0.25) is 0 Å². The molecule has 19 heavy (non-hydrogen) atoms. The van der Waals surface area contributed by atoms with Gasteiger partial charge in [-0.15, -0.1) is 0 Å². The third-order valence-corrected chi connectivity index (χ3v) is 3.07. The highest BCUT2D eigenvalue weighted by molar-refractivity contribution is 5.98. The predicted molar refractivity (Wildman–Crippen MR) is 78.1 cm³/mol. The summed E-state index contributed by atoms with van der Waals surface area (Å²) in [6.45, 7) is 4.04. The number of para-hydroxylation sites is 2. The van der Waals surface area contributed by atoms with E-state index in [1.807, 2.05) is 43.3 Å².